The van der Waals surface area contributed by atoms with Crippen LogP contribution in [0.15, 0.2) is 64.6 Å². The highest BCUT2D eigenvalue weighted by Gasteiger charge is 2.11. The topological polar surface area (TPSA) is 85.6 Å². The standard InChI is InChI=1S/C20H17NO5S/c22-16(18-6-3-13-27-18)4-1-12-26-20(24)14-7-9-15(10-8-14)21-19(23)17-5-2-11-25-17/h2-3,5-11,13H,1,4,12H2,(H,21,23). The lowest BCUT2D eigenvalue weighted by molar-refractivity contribution is 0.0494. The van der Waals surface area contributed by atoms with Crippen LogP contribution in [0.25, 0.3) is 0 Å². The molecule has 1 N–H and O–H groups in total. The van der Waals surface area contributed by atoms with Crippen LogP contribution in [0, 0.1) is 0 Å². The molecular weight excluding hydrogens is 366 g/mol. The summed E-state index contributed by atoms with van der Waals surface area (Å²) in [7, 11) is 0. The summed E-state index contributed by atoms with van der Waals surface area (Å²) in [6.07, 6.45) is 2.23. The monoisotopic (exact) mass is 383 g/mol. The highest BCUT2D eigenvalue weighted by molar-refractivity contribution is 7.12. The molecule has 0 spiro atoms. The minimum atomic E-state index is -0.470. The second-order valence-corrected chi connectivity index (χ2v) is 6.60. The number of ketones is 1. The number of thiophene rings is 1. The second-order valence-electron chi connectivity index (χ2n) is 5.65. The van der Waals surface area contributed by atoms with Gasteiger partial charge in [-0.1, -0.05) is 6.07 Å². The summed E-state index contributed by atoms with van der Waals surface area (Å²) in [6, 6.07) is 13.2. The molecular formula is C20H17NO5S. The first kappa shape index (κ1) is 18.6. The van der Waals surface area contributed by atoms with E-state index >= 15 is 0 Å². The molecule has 27 heavy (non-hydrogen) atoms. The molecule has 3 aromatic rings. The van der Waals surface area contributed by atoms with E-state index in [-0.39, 0.29) is 24.1 Å². The van der Waals surface area contributed by atoms with Gasteiger partial charge in [-0.05, 0) is 54.3 Å². The molecule has 0 saturated carbocycles. The predicted octanol–water partition coefficient (Wildman–Crippen LogP) is 4.41. The van der Waals surface area contributed by atoms with Crippen molar-refractivity contribution in [2.45, 2.75) is 12.8 Å². The molecule has 0 saturated heterocycles. The van der Waals surface area contributed by atoms with E-state index in [2.05, 4.69) is 5.32 Å². The van der Waals surface area contributed by atoms with Crippen molar-refractivity contribution in [3.05, 3.63) is 76.4 Å². The smallest absolute Gasteiger partial charge is 0.338 e. The Morgan fingerprint density at radius 1 is 1.04 bits per heavy atom. The van der Waals surface area contributed by atoms with Crippen LogP contribution in [0.5, 0.6) is 0 Å². The Bertz CT molecular complexity index is 899. The Balaban J connectivity index is 1.43. The number of furan rings is 1. The van der Waals surface area contributed by atoms with E-state index in [0.29, 0.717) is 29.0 Å². The van der Waals surface area contributed by atoms with Gasteiger partial charge in [-0.3, -0.25) is 9.59 Å². The van der Waals surface area contributed by atoms with Gasteiger partial charge in [-0.15, -0.1) is 11.3 Å². The maximum absolute atomic E-state index is 12.0. The summed E-state index contributed by atoms with van der Waals surface area (Å²) in [5.74, 6) is -0.582. The molecule has 0 aliphatic heterocycles. The van der Waals surface area contributed by atoms with Crippen molar-refractivity contribution < 1.29 is 23.5 Å². The Kier molecular flexibility index (Phi) is 6.17. The van der Waals surface area contributed by atoms with Crippen LogP contribution in [0.1, 0.15) is 43.4 Å². The molecule has 2 aromatic heterocycles. The molecule has 0 aliphatic rings. The number of esters is 1. The Morgan fingerprint density at radius 3 is 2.52 bits per heavy atom. The Morgan fingerprint density at radius 2 is 1.85 bits per heavy atom. The van der Waals surface area contributed by atoms with E-state index in [0.717, 1.165) is 0 Å². The van der Waals surface area contributed by atoms with Crippen LogP contribution in [-0.4, -0.2) is 24.3 Å². The number of ether oxygens (including phenoxy) is 1. The molecule has 0 radical (unpaired) electrons. The van der Waals surface area contributed by atoms with Gasteiger partial charge in [0, 0.05) is 12.1 Å². The minimum absolute atomic E-state index is 0.0534. The summed E-state index contributed by atoms with van der Waals surface area (Å²) in [4.78, 5) is 36.5. The lowest BCUT2D eigenvalue weighted by Gasteiger charge is -2.06. The van der Waals surface area contributed by atoms with Gasteiger partial charge in [0.1, 0.15) is 0 Å². The number of hydrogen-bond donors (Lipinski definition) is 1. The van der Waals surface area contributed by atoms with Crippen molar-refractivity contribution in [1.29, 1.82) is 0 Å². The molecule has 7 heteroatoms. The molecule has 0 atom stereocenters. The number of rotatable bonds is 8. The molecule has 0 unspecified atom stereocenters. The fourth-order valence-electron chi connectivity index (χ4n) is 2.33. The maximum atomic E-state index is 12.0. The summed E-state index contributed by atoms with van der Waals surface area (Å²) in [5, 5.41) is 4.52. The van der Waals surface area contributed by atoms with Gasteiger partial charge in [0.05, 0.1) is 23.3 Å². The van der Waals surface area contributed by atoms with Crippen molar-refractivity contribution in [2.75, 3.05) is 11.9 Å². The van der Waals surface area contributed by atoms with E-state index in [9.17, 15) is 14.4 Å². The number of hydrogen-bond acceptors (Lipinski definition) is 6. The lowest BCUT2D eigenvalue weighted by Crippen LogP contribution is -2.11. The number of anilines is 1. The van der Waals surface area contributed by atoms with E-state index in [1.807, 2.05) is 11.4 Å². The molecule has 6 nitrogen and oxygen atoms in total. The van der Waals surface area contributed by atoms with Gasteiger partial charge in [0.2, 0.25) is 0 Å². The molecule has 2 heterocycles. The van der Waals surface area contributed by atoms with Gasteiger partial charge in [0.25, 0.3) is 5.91 Å². The van der Waals surface area contributed by atoms with Gasteiger partial charge < -0.3 is 14.5 Å². The maximum Gasteiger partial charge on any atom is 0.338 e. The van der Waals surface area contributed by atoms with Gasteiger partial charge >= 0.3 is 5.97 Å². The highest BCUT2D eigenvalue weighted by Crippen LogP contribution is 2.14. The minimum Gasteiger partial charge on any atom is -0.462 e. The Labute approximate surface area is 159 Å². The first-order chi connectivity index (χ1) is 13.1. The molecule has 0 fully saturated rings. The zero-order valence-electron chi connectivity index (χ0n) is 14.3. The van der Waals surface area contributed by atoms with E-state index in [4.69, 9.17) is 9.15 Å². The van der Waals surface area contributed by atoms with Gasteiger partial charge in [-0.25, -0.2) is 4.79 Å². The third kappa shape index (κ3) is 5.15. The molecule has 0 bridgehead atoms. The highest BCUT2D eigenvalue weighted by atomic mass is 32.1. The molecule has 138 valence electrons. The normalized spacial score (nSPS) is 10.4. The quantitative estimate of drug-likeness (QED) is 0.354. The first-order valence-corrected chi connectivity index (χ1v) is 9.20. The molecule has 1 aromatic carbocycles. The van der Waals surface area contributed by atoms with Gasteiger partial charge in [-0.2, -0.15) is 0 Å². The fourth-order valence-corrected chi connectivity index (χ4v) is 3.03. The molecule has 1 amide bonds. The van der Waals surface area contributed by atoms with Gasteiger partial charge in [0.15, 0.2) is 11.5 Å². The number of Topliss-reactive ketones (excluding diaryl/α,β-unsaturated/α-hetero) is 1. The fraction of sp³-hybridized carbons (Fsp3) is 0.150. The average molecular weight is 383 g/mol. The summed E-state index contributed by atoms with van der Waals surface area (Å²) in [6.45, 7) is 0.174. The number of benzene rings is 1. The van der Waals surface area contributed by atoms with E-state index in [1.54, 1.807) is 42.5 Å². The van der Waals surface area contributed by atoms with Crippen LogP contribution >= 0.6 is 11.3 Å². The zero-order valence-corrected chi connectivity index (χ0v) is 15.2. The largest absolute Gasteiger partial charge is 0.462 e. The second kappa shape index (κ2) is 8.95. The SMILES string of the molecule is O=C(OCCCC(=O)c1cccs1)c1ccc(NC(=O)c2ccco2)cc1. The predicted molar refractivity (Wildman–Crippen MR) is 101 cm³/mol. The summed E-state index contributed by atoms with van der Waals surface area (Å²) < 4.78 is 10.2. The van der Waals surface area contributed by atoms with Crippen molar-refractivity contribution in [2.24, 2.45) is 0 Å². The average Bonchev–Trinajstić information content (AvgIpc) is 3.39. The third-order valence-electron chi connectivity index (χ3n) is 3.70. The molecule has 3 rings (SSSR count). The third-order valence-corrected chi connectivity index (χ3v) is 4.61. The zero-order chi connectivity index (χ0) is 19.1. The van der Waals surface area contributed by atoms with Crippen molar-refractivity contribution in [3.8, 4) is 0 Å². The number of carbonyl (C=O) groups is 3. The van der Waals surface area contributed by atoms with Crippen LogP contribution in [0.4, 0.5) is 5.69 Å². The van der Waals surface area contributed by atoms with E-state index < -0.39 is 5.97 Å². The van der Waals surface area contributed by atoms with Crippen LogP contribution in [0.3, 0.4) is 0 Å². The van der Waals surface area contributed by atoms with Crippen LogP contribution < -0.4 is 5.32 Å². The van der Waals surface area contributed by atoms with Crippen molar-refractivity contribution in [3.63, 3.8) is 0 Å². The number of nitrogens with one attached hydrogen (secondary N) is 1. The first-order valence-electron chi connectivity index (χ1n) is 8.32. The lowest BCUT2D eigenvalue weighted by atomic mass is 10.2. The number of carbonyl (C=O) groups excluding carboxylic acids is 3. The number of amides is 1. The van der Waals surface area contributed by atoms with Crippen LogP contribution in [-0.2, 0) is 4.74 Å². The van der Waals surface area contributed by atoms with Crippen molar-refractivity contribution in [1.82, 2.24) is 0 Å². The van der Waals surface area contributed by atoms with E-state index in [1.165, 1.54) is 17.6 Å². The summed E-state index contributed by atoms with van der Waals surface area (Å²) >= 11 is 1.40. The molecule has 0 aliphatic carbocycles. The summed E-state index contributed by atoms with van der Waals surface area (Å²) in [5.41, 5.74) is 0.907. The van der Waals surface area contributed by atoms with Crippen molar-refractivity contribution >= 4 is 34.7 Å². The Hall–Kier alpha value is -3.19. The van der Waals surface area contributed by atoms with Crippen LogP contribution in [0.2, 0.25) is 0 Å².